The number of azo groups is 1. The van der Waals surface area contributed by atoms with Gasteiger partial charge < -0.3 is 4.98 Å². The van der Waals surface area contributed by atoms with Gasteiger partial charge in [0.2, 0.25) is 0 Å². The van der Waals surface area contributed by atoms with Gasteiger partial charge in [0.25, 0.3) is 0 Å². The molecule has 0 bridgehead atoms. The van der Waals surface area contributed by atoms with Crippen molar-refractivity contribution in [3.63, 3.8) is 0 Å². The van der Waals surface area contributed by atoms with Gasteiger partial charge in [-0.3, -0.25) is 0 Å². The number of nitrogens with one attached hydrogen (secondary N) is 1. The van der Waals surface area contributed by atoms with E-state index in [1.165, 1.54) is 0 Å². The molecule has 0 atom stereocenters. The minimum Gasteiger partial charge on any atom is -0.345 e. The fraction of sp³-hybridized carbons (Fsp3) is 0.400. The number of nitrogens with zero attached hydrogens (tertiary/aromatic N) is 4. The number of benzene rings is 1. The number of hydrogen-bond acceptors (Lipinski definition) is 4. The number of hydrogen-bond donors (Lipinski definition) is 1. The van der Waals surface area contributed by atoms with Crippen LogP contribution in [-0.4, -0.2) is 22.0 Å². The van der Waals surface area contributed by atoms with Crippen LogP contribution in [0, 0.1) is 12.8 Å². The summed E-state index contributed by atoms with van der Waals surface area (Å²) >= 11 is 0. The van der Waals surface area contributed by atoms with Gasteiger partial charge in [-0.25, -0.2) is 9.97 Å². The summed E-state index contributed by atoms with van der Waals surface area (Å²) in [4.78, 5) is 12.4. The summed E-state index contributed by atoms with van der Waals surface area (Å²) in [5.41, 5.74) is 5.12. The smallest absolute Gasteiger partial charge is 0.141 e. The van der Waals surface area contributed by atoms with Crippen molar-refractivity contribution in [3.8, 4) is 11.1 Å². The summed E-state index contributed by atoms with van der Waals surface area (Å²) < 4.78 is 0. The van der Waals surface area contributed by atoms with E-state index in [2.05, 4.69) is 51.2 Å². The molecule has 0 radical (unpaired) electrons. The van der Waals surface area contributed by atoms with Crippen LogP contribution in [0.2, 0.25) is 0 Å². The molecule has 2 heterocycles. The minimum absolute atomic E-state index is 0.546. The molecule has 0 unspecified atom stereocenters. The lowest BCUT2D eigenvalue weighted by atomic mass is 10.0. The maximum absolute atomic E-state index is 4.63. The molecule has 0 amide bonds. The van der Waals surface area contributed by atoms with Crippen LogP contribution in [0.4, 0.5) is 5.69 Å². The predicted octanol–water partition coefficient (Wildman–Crippen LogP) is 5.87. The summed E-state index contributed by atoms with van der Waals surface area (Å²) in [6, 6.07) is 6.17. The average Bonchev–Trinajstić information content (AvgIpc) is 3.01. The molecule has 0 saturated carbocycles. The molecular weight excluding hydrogens is 310 g/mol. The van der Waals surface area contributed by atoms with Crippen molar-refractivity contribution < 1.29 is 0 Å². The Balaban J connectivity index is 0.00000109. The number of aryl methyl sites for hydroxylation is 1. The van der Waals surface area contributed by atoms with E-state index in [0.29, 0.717) is 5.92 Å². The van der Waals surface area contributed by atoms with Gasteiger partial charge in [0.1, 0.15) is 11.5 Å². The Hall–Kier alpha value is -2.56. The standard InChI is InChI=1S/C18H21N5.C2H6/c1-11(2)7-17-20-10-15-14(9-21-18(15)22-17)13-5-6-16(23-19-4)12(3)8-13;1-2/h5-6,8-11H,7H2,1-4H3,(H,20,21,22);1-2H3. The van der Waals surface area contributed by atoms with E-state index in [4.69, 9.17) is 0 Å². The van der Waals surface area contributed by atoms with Gasteiger partial charge in [0.05, 0.1) is 5.69 Å². The largest absolute Gasteiger partial charge is 0.345 e. The van der Waals surface area contributed by atoms with Crippen molar-refractivity contribution in [2.75, 3.05) is 7.05 Å². The number of aromatic amines is 1. The molecule has 5 heteroatoms. The van der Waals surface area contributed by atoms with Crippen molar-refractivity contribution in [2.24, 2.45) is 16.1 Å². The third kappa shape index (κ3) is 4.29. The molecule has 0 aliphatic rings. The SMILES string of the molecule is CC.CN=Nc1ccc(-c2c[nH]c3nc(CC(C)C)ncc23)cc1C. The van der Waals surface area contributed by atoms with E-state index in [-0.39, 0.29) is 0 Å². The molecular formula is C20H27N5. The van der Waals surface area contributed by atoms with E-state index >= 15 is 0 Å². The summed E-state index contributed by atoms with van der Waals surface area (Å²) in [7, 11) is 1.68. The Kier molecular flexibility index (Phi) is 6.39. The summed E-state index contributed by atoms with van der Waals surface area (Å²) in [6.07, 6.45) is 4.80. The van der Waals surface area contributed by atoms with E-state index < -0.39 is 0 Å². The Labute approximate surface area is 149 Å². The highest BCUT2D eigenvalue weighted by Gasteiger charge is 2.10. The quantitative estimate of drug-likeness (QED) is 0.605. The lowest BCUT2D eigenvalue weighted by Crippen LogP contribution is -2.00. The molecule has 132 valence electrons. The van der Waals surface area contributed by atoms with Crippen LogP contribution in [0.3, 0.4) is 0 Å². The number of H-pyrrole nitrogens is 1. The van der Waals surface area contributed by atoms with Gasteiger partial charge in [-0.1, -0.05) is 33.8 Å². The Morgan fingerprint density at radius 3 is 2.60 bits per heavy atom. The zero-order valence-electron chi connectivity index (χ0n) is 16.0. The second-order valence-corrected chi connectivity index (χ2v) is 6.15. The second-order valence-electron chi connectivity index (χ2n) is 6.15. The highest BCUT2D eigenvalue weighted by Crippen LogP contribution is 2.31. The Morgan fingerprint density at radius 1 is 1.20 bits per heavy atom. The normalized spacial score (nSPS) is 11.2. The van der Waals surface area contributed by atoms with Crippen LogP contribution in [-0.2, 0) is 6.42 Å². The third-order valence-corrected chi connectivity index (χ3v) is 3.79. The van der Waals surface area contributed by atoms with Gasteiger partial charge >= 0.3 is 0 Å². The lowest BCUT2D eigenvalue weighted by Gasteiger charge is -2.05. The molecule has 0 aliphatic heterocycles. The summed E-state index contributed by atoms with van der Waals surface area (Å²) in [5.74, 6) is 1.43. The van der Waals surface area contributed by atoms with Crippen LogP contribution in [0.1, 0.15) is 39.1 Å². The molecule has 2 aromatic heterocycles. The molecule has 0 aliphatic carbocycles. The third-order valence-electron chi connectivity index (χ3n) is 3.79. The minimum atomic E-state index is 0.546. The van der Waals surface area contributed by atoms with Gasteiger partial charge in [-0.2, -0.15) is 10.2 Å². The fourth-order valence-electron chi connectivity index (χ4n) is 2.69. The van der Waals surface area contributed by atoms with Crippen LogP contribution in [0.25, 0.3) is 22.2 Å². The molecule has 0 saturated heterocycles. The summed E-state index contributed by atoms with van der Waals surface area (Å²) in [6.45, 7) is 10.4. The van der Waals surface area contributed by atoms with Crippen molar-refractivity contribution in [1.29, 1.82) is 0 Å². The van der Waals surface area contributed by atoms with E-state index in [1.54, 1.807) is 7.05 Å². The van der Waals surface area contributed by atoms with Crippen molar-refractivity contribution in [3.05, 3.63) is 42.0 Å². The molecule has 1 aromatic carbocycles. The van der Waals surface area contributed by atoms with Crippen molar-refractivity contribution >= 4 is 16.7 Å². The van der Waals surface area contributed by atoms with Crippen molar-refractivity contribution in [1.82, 2.24) is 15.0 Å². The topological polar surface area (TPSA) is 66.3 Å². The van der Waals surface area contributed by atoms with E-state index in [1.807, 2.05) is 39.2 Å². The molecule has 0 spiro atoms. The maximum atomic E-state index is 4.63. The number of fused-ring (bicyclic) bond motifs is 1. The first-order valence-corrected chi connectivity index (χ1v) is 8.82. The monoisotopic (exact) mass is 337 g/mol. The van der Waals surface area contributed by atoms with Crippen LogP contribution in [0.5, 0.6) is 0 Å². The molecule has 0 fully saturated rings. The average molecular weight is 337 g/mol. The molecule has 25 heavy (non-hydrogen) atoms. The second kappa shape index (κ2) is 8.51. The number of aromatic nitrogens is 3. The van der Waals surface area contributed by atoms with Crippen LogP contribution >= 0.6 is 0 Å². The van der Waals surface area contributed by atoms with Crippen LogP contribution in [0.15, 0.2) is 40.8 Å². The zero-order valence-corrected chi connectivity index (χ0v) is 16.0. The number of rotatable bonds is 4. The van der Waals surface area contributed by atoms with Gasteiger partial charge in [0, 0.05) is 36.8 Å². The zero-order chi connectivity index (χ0) is 18.4. The van der Waals surface area contributed by atoms with Crippen molar-refractivity contribution in [2.45, 2.75) is 41.0 Å². The first-order valence-electron chi connectivity index (χ1n) is 8.82. The predicted molar refractivity (Wildman–Crippen MR) is 104 cm³/mol. The maximum Gasteiger partial charge on any atom is 0.141 e. The highest BCUT2D eigenvalue weighted by atomic mass is 15.1. The molecule has 3 rings (SSSR count). The fourth-order valence-corrected chi connectivity index (χ4v) is 2.69. The molecule has 5 nitrogen and oxygen atoms in total. The van der Waals surface area contributed by atoms with Gasteiger partial charge in [0.15, 0.2) is 0 Å². The first kappa shape index (κ1) is 18.8. The van der Waals surface area contributed by atoms with Gasteiger partial charge in [-0.15, -0.1) is 0 Å². The Morgan fingerprint density at radius 2 is 1.96 bits per heavy atom. The summed E-state index contributed by atoms with van der Waals surface area (Å²) in [5, 5.41) is 9.01. The Bertz CT molecular complexity index is 862. The lowest BCUT2D eigenvalue weighted by molar-refractivity contribution is 0.622. The first-order chi connectivity index (χ1) is 12.1. The van der Waals surface area contributed by atoms with Crippen LogP contribution < -0.4 is 0 Å². The van der Waals surface area contributed by atoms with Gasteiger partial charge in [-0.05, 0) is 36.1 Å². The van der Waals surface area contributed by atoms with E-state index in [0.717, 1.165) is 45.7 Å². The van der Waals surface area contributed by atoms with E-state index in [9.17, 15) is 0 Å². The molecule has 1 N–H and O–H groups in total. The highest BCUT2D eigenvalue weighted by molar-refractivity contribution is 5.93. The molecule has 3 aromatic rings.